The molecule has 0 bridgehead atoms. The highest BCUT2D eigenvalue weighted by molar-refractivity contribution is 5.52. The summed E-state index contributed by atoms with van der Waals surface area (Å²) in [5, 5.41) is 4.31. The number of aryl methyl sites for hydroxylation is 1. The van der Waals surface area contributed by atoms with Crippen molar-refractivity contribution >= 4 is 5.82 Å². The predicted octanol–water partition coefficient (Wildman–Crippen LogP) is 2.32. The van der Waals surface area contributed by atoms with Crippen molar-refractivity contribution in [2.75, 3.05) is 31.2 Å². The molecule has 0 saturated carbocycles. The van der Waals surface area contributed by atoms with Gasteiger partial charge >= 0.3 is 0 Å². The van der Waals surface area contributed by atoms with Gasteiger partial charge in [-0.15, -0.1) is 0 Å². The van der Waals surface area contributed by atoms with Gasteiger partial charge in [-0.2, -0.15) is 5.10 Å². The third-order valence-electron chi connectivity index (χ3n) is 5.60. The Bertz CT molecular complexity index is 996. The Labute approximate surface area is 174 Å². The van der Waals surface area contributed by atoms with Crippen LogP contribution in [-0.2, 0) is 9.47 Å². The van der Waals surface area contributed by atoms with E-state index >= 15 is 0 Å². The summed E-state index contributed by atoms with van der Waals surface area (Å²) in [5.74, 6) is 2.06. The van der Waals surface area contributed by atoms with Gasteiger partial charge in [0.25, 0.3) is 0 Å². The highest BCUT2D eigenvalue weighted by Crippen LogP contribution is 2.32. The molecule has 30 heavy (non-hydrogen) atoms. The number of hydrogen-bond donors (Lipinski definition) is 0. The summed E-state index contributed by atoms with van der Waals surface area (Å²) in [7, 11) is 0. The van der Waals surface area contributed by atoms with Gasteiger partial charge in [-0.25, -0.2) is 9.97 Å². The zero-order chi connectivity index (χ0) is 20.5. The fourth-order valence-corrected chi connectivity index (χ4v) is 3.93. The first-order valence-electron chi connectivity index (χ1n) is 10.1. The molecule has 156 valence electrons. The van der Waals surface area contributed by atoms with Crippen LogP contribution < -0.4 is 9.64 Å². The maximum Gasteiger partial charge on any atom is 0.227 e. The van der Waals surface area contributed by atoms with Gasteiger partial charge in [0.15, 0.2) is 5.75 Å². The van der Waals surface area contributed by atoms with E-state index in [0.29, 0.717) is 37.9 Å². The summed E-state index contributed by atoms with van der Waals surface area (Å²) in [6.07, 6.45) is 6.98. The molecule has 2 aliphatic rings. The molecule has 2 saturated heterocycles. The van der Waals surface area contributed by atoms with Crippen molar-refractivity contribution < 1.29 is 14.2 Å². The fourth-order valence-electron chi connectivity index (χ4n) is 3.93. The average molecular weight is 408 g/mol. The number of nitrogens with zero attached hydrogens (tertiary/aromatic N) is 6. The molecule has 0 aliphatic carbocycles. The topological polar surface area (TPSA) is 87.4 Å². The normalized spacial score (nSPS) is 22.0. The second-order valence-corrected chi connectivity index (χ2v) is 7.60. The predicted molar refractivity (Wildman–Crippen MR) is 109 cm³/mol. The maximum absolute atomic E-state index is 6.19. The summed E-state index contributed by atoms with van der Waals surface area (Å²) in [6, 6.07) is 5.74. The third kappa shape index (κ3) is 3.61. The van der Waals surface area contributed by atoms with Crippen molar-refractivity contribution in [3.63, 3.8) is 0 Å². The van der Waals surface area contributed by atoms with Crippen molar-refractivity contribution in [1.82, 2.24) is 24.7 Å². The quantitative estimate of drug-likeness (QED) is 0.650. The second-order valence-electron chi connectivity index (χ2n) is 7.60. The van der Waals surface area contributed by atoms with E-state index in [1.54, 1.807) is 12.4 Å². The average Bonchev–Trinajstić information content (AvgIpc) is 3.38. The Morgan fingerprint density at radius 2 is 1.80 bits per heavy atom. The van der Waals surface area contributed by atoms with Crippen LogP contribution in [0.3, 0.4) is 0 Å². The van der Waals surface area contributed by atoms with Crippen molar-refractivity contribution in [2.24, 2.45) is 0 Å². The molecular formula is C21H24N6O3. The standard InChI is InChI=1S/C21H24N6O3/c1-14-20(23-13-24-21(14)30-17-5-3-6-22-15(17)2)26-9-18-19(10-26)29-12-16(11-28-18)27-8-4-7-25-27/h3-8,13,16,18-19H,9-12H2,1-2H3/t18-,19-/m0/s1. The first-order chi connectivity index (χ1) is 14.7. The molecule has 9 heteroatoms. The van der Waals surface area contributed by atoms with Gasteiger partial charge in [-0.1, -0.05) is 0 Å². The van der Waals surface area contributed by atoms with Gasteiger partial charge < -0.3 is 19.1 Å². The zero-order valence-electron chi connectivity index (χ0n) is 17.0. The minimum atomic E-state index is -0.00939. The lowest BCUT2D eigenvalue weighted by Gasteiger charge is -2.21. The number of rotatable bonds is 4. The van der Waals surface area contributed by atoms with E-state index in [1.165, 1.54) is 6.33 Å². The molecule has 0 unspecified atom stereocenters. The van der Waals surface area contributed by atoms with Gasteiger partial charge in [0.05, 0.1) is 30.5 Å². The number of ether oxygens (including phenoxy) is 3. The molecule has 2 aliphatic heterocycles. The molecule has 3 aromatic heterocycles. The zero-order valence-corrected chi connectivity index (χ0v) is 17.0. The van der Waals surface area contributed by atoms with Crippen LogP contribution in [0.4, 0.5) is 5.82 Å². The second kappa shape index (κ2) is 8.00. The van der Waals surface area contributed by atoms with E-state index in [1.807, 2.05) is 42.9 Å². The number of hydrogen-bond acceptors (Lipinski definition) is 8. The van der Waals surface area contributed by atoms with E-state index in [0.717, 1.165) is 17.1 Å². The summed E-state index contributed by atoms with van der Waals surface area (Å²) < 4.78 is 20.3. The molecule has 2 fully saturated rings. The molecule has 0 aromatic carbocycles. The Kier molecular flexibility index (Phi) is 5.06. The largest absolute Gasteiger partial charge is 0.437 e. The summed E-state index contributed by atoms with van der Waals surface area (Å²) in [6.45, 7) is 6.45. The van der Waals surface area contributed by atoms with Crippen LogP contribution in [0.15, 0.2) is 43.1 Å². The molecule has 0 N–H and O–H groups in total. The van der Waals surface area contributed by atoms with Gasteiger partial charge in [-0.3, -0.25) is 9.67 Å². The third-order valence-corrected chi connectivity index (χ3v) is 5.60. The lowest BCUT2D eigenvalue weighted by atomic mass is 10.3. The van der Waals surface area contributed by atoms with E-state index in [4.69, 9.17) is 14.2 Å². The van der Waals surface area contributed by atoms with E-state index in [-0.39, 0.29) is 18.2 Å². The molecule has 9 nitrogen and oxygen atoms in total. The number of fused-ring (bicyclic) bond motifs is 1. The number of pyridine rings is 1. The molecule has 5 rings (SSSR count). The molecule has 3 aromatic rings. The van der Waals surface area contributed by atoms with Crippen LogP contribution in [0.2, 0.25) is 0 Å². The molecule has 2 atom stereocenters. The smallest absolute Gasteiger partial charge is 0.227 e. The minimum absolute atomic E-state index is 0.00939. The maximum atomic E-state index is 6.19. The van der Waals surface area contributed by atoms with Crippen molar-refractivity contribution in [1.29, 1.82) is 0 Å². The summed E-state index contributed by atoms with van der Waals surface area (Å²) in [4.78, 5) is 15.3. The van der Waals surface area contributed by atoms with E-state index < -0.39 is 0 Å². The first-order valence-corrected chi connectivity index (χ1v) is 10.1. The van der Waals surface area contributed by atoms with Crippen molar-refractivity contribution in [3.05, 3.63) is 54.4 Å². The van der Waals surface area contributed by atoms with Gasteiger partial charge in [0, 0.05) is 31.7 Å². The van der Waals surface area contributed by atoms with Crippen LogP contribution in [0.5, 0.6) is 11.6 Å². The Morgan fingerprint density at radius 1 is 1.00 bits per heavy atom. The highest BCUT2D eigenvalue weighted by Gasteiger charge is 2.39. The van der Waals surface area contributed by atoms with Crippen LogP contribution >= 0.6 is 0 Å². The lowest BCUT2D eigenvalue weighted by molar-refractivity contribution is -0.00461. The number of aromatic nitrogens is 5. The monoisotopic (exact) mass is 408 g/mol. The minimum Gasteiger partial charge on any atom is -0.437 e. The van der Waals surface area contributed by atoms with Gasteiger partial charge in [-0.05, 0) is 32.0 Å². The summed E-state index contributed by atoms with van der Waals surface area (Å²) >= 11 is 0. The van der Waals surface area contributed by atoms with Crippen LogP contribution in [0, 0.1) is 13.8 Å². The van der Waals surface area contributed by atoms with Crippen LogP contribution in [-0.4, -0.2) is 63.2 Å². The van der Waals surface area contributed by atoms with E-state index in [9.17, 15) is 0 Å². The Morgan fingerprint density at radius 3 is 2.50 bits per heavy atom. The molecule has 5 heterocycles. The first kappa shape index (κ1) is 19.0. The van der Waals surface area contributed by atoms with Crippen molar-refractivity contribution in [3.8, 4) is 11.6 Å². The molecular weight excluding hydrogens is 384 g/mol. The highest BCUT2D eigenvalue weighted by atomic mass is 16.6. The SMILES string of the molecule is Cc1ncccc1Oc1ncnc(N2C[C@@H]3OCC(n4cccn4)CO[C@H]3C2)c1C. The molecule has 0 spiro atoms. The Balaban J connectivity index is 1.30. The van der Waals surface area contributed by atoms with Crippen LogP contribution in [0.1, 0.15) is 17.3 Å². The Hall–Kier alpha value is -3.04. The van der Waals surface area contributed by atoms with Gasteiger partial charge in [0.1, 0.15) is 24.4 Å². The lowest BCUT2D eigenvalue weighted by Crippen LogP contribution is -2.27. The number of anilines is 1. The van der Waals surface area contributed by atoms with Crippen molar-refractivity contribution in [2.45, 2.75) is 32.1 Å². The summed E-state index contributed by atoms with van der Waals surface area (Å²) in [5.41, 5.74) is 1.70. The van der Waals surface area contributed by atoms with Crippen LogP contribution in [0.25, 0.3) is 0 Å². The van der Waals surface area contributed by atoms with E-state index in [2.05, 4.69) is 25.0 Å². The van der Waals surface area contributed by atoms with Gasteiger partial charge in [0.2, 0.25) is 5.88 Å². The molecule has 0 radical (unpaired) electrons. The fraction of sp³-hybridized carbons (Fsp3) is 0.429. The molecule has 0 amide bonds.